The van der Waals surface area contributed by atoms with Gasteiger partial charge in [0.2, 0.25) is 10.0 Å². The van der Waals surface area contributed by atoms with Gasteiger partial charge < -0.3 is 25.6 Å². The van der Waals surface area contributed by atoms with Gasteiger partial charge in [-0.2, -0.15) is 0 Å². The average Bonchev–Trinajstić information content (AvgIpc) is 3.57. The molecule has 4 atom stereocenters. The molecule has 1 amide bonds. The Bertz CT molecular complexity index is 1630. The zero-order valence-corrected chi connectivity index (χ0v) is 25.3. The van der Waals surface area contributed by atoms with Crippen LogP contribution in [0.3, 0.4) is 0 Å². The molecule has 5 N–H and O–H groups in total. The van der Waals surface area contributed by atoms with E-state index in [0.717, 1.165) is 11.1 Å². The van der Waals surface area contributed by atoms with Crippen molar-refractivity contribution in [2.24, 2.45) is 0 Å². The molecule has 2 aromatic carbocycles. The summed E-state index contributed by atoms with van der Waals surface area (Å²) in [6.45, 7) is 4.07. The Labute approximate surface area is 255 Å². The van der Waals surface area contributed by atoms with Crippen LogP contribution in [-0.2, 0) is 26.1 Å². The molecule has 3 heterocycles. The van der Waals surface area contributed by atoms with Crippen LogP contribution in [0.25, 0.3) is 11.2 Å². The molecule has 234 valence electrons. The van der Waals surface area contributed by atoms with Crippen molar-refractivity contribution in [3.63, 3.8) is 0 Å². The van der Waals surface area contributed by atoms with Gasteiger partial charge in [0, 0.05) is 19.0 Å². The van der Waals surface area contributed by atoms with Crippen molar-refractivity contribution in [3.05, 3.63) is 83.9 Å². The molecule has 1 aliphatic rings. The summed E-state index contributed by atoms with van der Waals surface area (Å²) in [5.41, 5.74) is 2.75. The van der Waals surface area contributed by atoms with Crippen LogP contribution in [0.4, 0.5) is 5.82 Å². The highest BCUT2D eigenvalue weighted by Gasteiger charge is 2.47. The van der Waals surface area contributed by atoms with Crippen LogP contribution >= 0.6 is 0 Å². The summed E-state index contributed by atoms with van der Waals surface area (Å²) >= 11 is 0. The second kappa shape index (κ2) is 13.8. The summed E-state index contributed by atoms with van der Waals surface area (Å²) < 4.78 is 34.6. The zero-order chi connectivity index (χ0) is 31.3. The van der Waals surface area contributed by atoms with Crippen LogP contribution in [0.1, 0.15) is 49.4 Å². The molecule has 1 saturated heterocycles. The van der Waals surface area contributed by atoms with E-state index in [1.807, 2.05) is 60.7 Å². The number of carbonyl (C=O) groups is 1. The van der Waals surface area contributed by atoms with E-state index < -0.39 is 40.5 Å². The fraction of sp³-hybridized carbons (Fsp3) is 0.400. The number of benzene rings is 2. The van der Waals surface area contributed by atoms with Gasteiger partial charge >= 0.3 is 0 Å². The largest absolute Gasteiger partial charge is 0.387 e. The van der Waals surface area contributed by atoms with Gasteiger partial charge in [0.15, 0.2) is 29.3 Å². The van der Waals surface area contributed by atoms with Crippen molar-refractivity contribution in [1.82, 2.24) is 29.6 Å². The van der Waals surface area contributed by atoms with E-state index in [0.29, 0.717) is 30.8 Å². The minimum atomic E-state index is -3.56. The maximum atomic E-state index is 12.5. The Balaban J connectivity index is 1.51. The molecule has 4 aromatic rings. The first-order valence-corrected chi connectivity index (χ1v) is 16.2. The van der Waals surface area contributed by atoms with Crippen molar-refractivity contribution in [2.75, 3.05) is 24.2 Å². The predicted octanol–water partition coefficient (Wildman–Crippen LogP) is 1.65. The number of nitrogens with one attached hydrogen (secondary N) is 3. The lowest BCUT2D eigenvalue weighted by Gasteiger charge is -2.20. The highest BCUT2D eigenvalue weighted by atomic mass is 32.2. The number of nitrogens with zero attached hydrogens (tertiary/aromatic N) is 4. The smallest absolute Gasteiger partial charge is 0.252 e. The van der Waals surface area contributed by atoms with Crippen molar-refractivity contribution in [1.29, 1.82) is 0 Å². The number of rotatable bonds is 13. The van der Waals surface area contributed by atoms with E-state index in [-0.39, 0.29) is 29.7 Å². The van der Waals surface area contributed by atoms with Gasteiger partial charge in [0.25, 0.3) is 5.91 Å². The van der Waals surface area contributed by atoms with Gasteiger partial charge in [0.05, 0.1) is 18.6 Å². The van der Waals surface area contributed by atoms with Crippen LogP contribution in [0, 0.1) is 0 Å². The summed E-state index contributed by atoms with van der Waals surface area (Å²) in [6.07, 6.45) is -3.59. The lowest BCUT2D eigenvalue weighted by molar-refractivity contribution is -0.137. The number of aliphatic hydroxyl groups excluding tert-OH is 2. The van der Waals surface area contributed by atoms with Gasteiger partial charge in [0.1, 0.15) is 18.0 Å². The number of ether oxygens (including phenoxy) is 1. The minimum absolute atomic E-state index is 0.0463. The van der Waals surface area contributed by atoms with E-state index in [4.69, 9.17) is 4.74 Å². The van der Waals surface area contributed by atoms with Crippen LogP contribution in [0.15, 0.2) is 67.0 Å². The number of hydrogen-bond acceptors (Lipinski definition) is 10. The zero-order valence-electron chi connectivity index (χ0n) is 24.5. The Morgan fingerprint density at radius 2 is 1.66 bits per heavy atom. The molecule has 13 nitrogen and oxygen atoms in total. The lowest BCUT2D eigenvalue weighted by atomic mass is 9.91. The standard InChI is InChI=1S/C30H37N7O6S/c1-3-15-44(41,42)34-17-22-35-27(32-16-21(19-11-7-5-8-12-19)20-13-9-6-10-14-20)23-28(36-22)37(18-33-23)30-25(39)24(38)26(43-30)29(40)31-4-2/h5-14,18,21,24-26,30,34,38-39H,3-4,15-17H2,1-2H3,(H,31,40)(H,32,35,36)/t24-,25-,26-,30-/m1/s1. The van der Waals surface area contributed by atoms with Crippen molar-refractivity contribution < 1.29 is 28.2 Å². The third-order valence-corrected chi connectivity index (χ3v) is 8.92. The summed E-state index contributed by atoms with van der Waals surface area (Å²) in [4.78, 5) is 26.2. The van der Waals surface area contributed by atoms with Crippen molar-refractivity contribution >= 4 is 32.9 Å². The highest BCUT2D eigenvalue weighted by Crippen LogP contribution is 2.33. The molecule has 5 rings (SSSR count). The van der Waals surface area contributed by atoms with Gasteiger partial charge in [-0.1, -0.05) is 67.6 Å². The number of likely N-dealkylation sites (N-methyl/N-ethyl adjacent to an activating group) is 1. The third-order valence-electron chi connectivity index (χ3n) is 7.39. The SMILES string of the molecule is CCCS(=O)(=O)NCc1nc(NCC(c2ccccc2)c2ccccc2)c2ncn([C@@H]3O[C@@H](C(=O)NCC)[C@H](O)[C@H]3O)c2n1. The molecule has 0 bridgehead atoms. The Kier molecular flexibility index (Phi) is 9.86. The van der Waals surface area contributed by atoms with Crippen LogP contribution in [0.2, 0.25) is 0 Å². The van der Waals surface area contributed by atoms with E-state index >= 15 is 0 Å². The molecule has 0 saturated carbocycles. The summed E-state index contributed by atoms with van der Waals surface area (Å²) in [7, 11) is -3.56. The monoisotopic (exact) mass is 623 g/mol. The first-order chi connectivity index (χ1) is 21.2. The molecule has 2 aromatic heterocycles. The number of carbonyl (C=O) groups excluding carboxylic acids is 1. The van der Waals surface area contributed by atoms with Crippen molar-refractivity contribution in [2.45, 2.75) is 57.3 Å². The quantitative estimate of drug-likeness (QED) is 0.147. The molecule has 44 heavy (non-hydrogen) atoms. The highest BCUT2D eigenvalue weighted by molar-refractivity contribution is 7.89. The van der Waals surface area contributed by atoms with Gasteiger partial charge in [-0.25, -0.2) is 28.1 Å². The molecule has 0 aliphatic carbocycles. The first-order valence-electron chi connectivity index (χ1n) is 14.6. The molecule has 14 heteroatoms. The number of fused-ring (bicyclic) bond motifs is 1. The van der Waals surface area contributed by atoms with Gasteiger partial charge in [-0.05, 0) is 24.5 Å². The number of aromatic nitrogens is 4. The summed E-state index contributed by atoms with van der Waals surface area (Å²) in [6, 6.07) is 20.0. The fourth-order valence-electron chi connectivity index (χ4n) is 5.24. The molecule has 0 unspecified atom stereocenters. The third kappa shape index (κ3) is 6.89. The Morgan fingerprint density at radius 1 is 1.00 bits per heavy atom. The maximum Gasteiger partial charge on any atom is 0.252 e. The number of sulfonamides is 1. The second-order valence-corrected chi connectivity index (χ2v) is 12.5. The molecule has 1 fully saturated rings. The Hall–Kier alpha value is -3.95. The minimum Gasteiger partial charge on any atom is -0.387 e. The van der Waals surface area contributed by atoms with E-state index in [2.05, 4.69) is 30.3 Å². The van der Waals surface area contributed by atoms with Crippen LogP contribution in [-0.4, -0.2) is 81.2 Å². The fourth-order valence-corrected chi connectivity index (χ4v) is 6.27. The summed E-state index contributed by atoms with van der Waals surface area (Å²) in [5.74, 6) is -0.143. The molecular formula is C30H37N7O6S. The molecule has 0 spiro atoms. The number of imidazole rings is 1. The molecule has 0 radical (unpaired) electrons. The maximum absolute atomic E-state index is 12.5. The van der Waals surface area contributed by atoms with Crippen molar-refractivity contribution in [3.8, 4) is 0 Å². The molecule has 1 aliphatic heterocycles. The number of anilines is 1. The number of aliphatic hydroxyl groups is 2. The van der Waals surface area contributed by atoms with E-state index in [9.17, 15) is 23.4 Å². The summed E-state index contributed by atoms with van der Waals surface area (Å²) in [5, 5.41) is 27.4. The first kappa shape index (κ1) is 31.5. The van der Waals surface area contributed by atoms with Crippen LogP contribution < -0.4 is 15.4 Å². The normalized spacial score (nSPS) is 20.3. The molecular weight excluding hydrogens is 586 g/mol. The second-order valence-electron chi connectivity index (χ2n) is 10.5. The van der Waals surface area contributed by atoms with E-state index in [1.54, 1.807) is 13.8 Å². The topological polar surface area (TPSA) is 181 Å². The average molecular weight is 624 g/mol. The number of hydrogen-bond donors (Lipinski definition) is 5. The van der Waals surface area contributed by atoms with Gasteiger partial charge in [-0.15, -0.1) is 0 Å². The number of amides is 1. The van der Waals surface area contributed by atoms with Crippen LogP contribution in [0.5, 0.6) is 0 Å². The Morgan fingerprint density at radius 3 is 2.27 bits per heavy atom. The van der Waals surface area contributed by atoms with E-state index in [1.165, 1.54) is 10.9 Å². The van der Waals surface area contributed by atoms with Gasteiger partial charge in [-0.3, -0.25) is 9.36 Å². The predicted molar refractivity (Wildman–Crippen MR) is 164 cm³/mol. The lowest BCUT2D eigenvalue weighted by Crippen LogP contribution is -2.42.